The summed E-state index contributed by atoms with van der Waals surface area (Å²) in [5.74, 6) is 0.0797. The Balaban J connectivity index is 1.42. The summed E-state index contributed by atoms with van der Waals surface area (Å²) >= 11 is 0. The number of carbonyl (C=O) groups is 1. The van der Waals surface area contributed by atoms with Crippen LogP contribution in [0.25, 0.3) is 22.6 Å². The predicted octanol–water partition coefficient (Wildman–Crippen LogP) is 5.27. The first kappa shape index (κ1) is 18.7. The molecule has 29 heavy (non-hydrogen) atoms. The maximum Gasteiger partial charge on any atom is 0.262 e. The predicted molar refractivity (Wildman–Crippen MR) is 109 cm³/mol. The van der Waals surface area contributed by atoms with Crippen LogP contribution in [0, 0.1) is 19.7 Å². The van der Waals surface area contributed by atoms with Crippen LogP contribution in [0.15, 0.2) is 65.1 Å². The largest absolute Gasteiger partial charge is 0.484 e. The lowest BCUT2D eigenvalue weighted by molar-refractivity contribution is -0.118. The van der Waals surface area contributed by atoms with Gasteiger partial charge < -0.3 is 14.5 Å². The van der Waals surface area contributed by atoms with Crippen LogP contribution in [0.2, 0.25) is 0 Å². The van der Waals surface area contributed by atoms with Crippen LogP contribution in [0.4, 0.5) is 10.1 Å². The first-order valence-electron chi connectivity index (χ1n) is 9.14. The Morgan fingerprint density at radius 3 is 2.66 bits per heavy atom. The normalized spacial score (nSPS) is 10.9. The van der Waals surface area contributed by atoms with Gasteiger partial charge in [-0.2, -0.15) is 0 Å². The van der Waals surface area contributed by atoms with Crippen LogP contribution < -0.4 is 10.1 Å². The van der Waals surface area contributed by atoms with Crippen molar-refractivity contribution in [3.63, 3.8) is 0 Å². The Labute approximate surface area is 167 Å². The van der Waals surface area contributed by atoms with E-state index >= 15 is 0 Å². The summed E-state index contributed by atoms with van der Waals surface area (Å²) < 4.78 is 24.3. The fourth-order valence-corrected chi connectivity index (χ4v) is 3.10. The van der Waals surface area contributed by atoms with Gasteiger partial charge >= 0.3 is 0 Å². The van der Waals surface area contributed by atoms with E-state index in [9.17, 15) is 9.18 Å². The SMILES string of the molecule is Cc1cc(C)c2oc(-c3ccc(NC(=O)COc4cccc(F)c4)cc3)nc2c1. The molecule has 0 atom stereocenters. The molecule has 1 aromatic heterocycles. The summed E-state index contributed by atoms with van der Waals surface area (Å²) in [5, 5.41) is 2.74. The van der Waals surface area contributed by atoms with Crippen molar-refractivity contribution in [1.82, 2.24) is 4.98 Å². The number of fused-ring (bicyclic) bond motifs is 1. The quantitative estimate of drug-likeness (QED) is 0.504. The van der Waals surface area contributed by atoms with Crippen molar-refractivity contribution in [2.75, 3.05) is 11.9 Å². The van der Waals surface area contributed by atoms with Crippen molar-refractivity contribution in [2.24, 2.45) is 0 Å². The zero-order valence-electron chi connectivity index (χ0n) is 16.0. The van der Waals surface area contributed by atoms with Crippen LogP contribution >= 0.6 is 0 Å². The monoisotopic (exact) mass is 390 g/mol. The standard InChI is InChI=1S/C23H19FN2O3/c1-14-10-15(2)22-20(11-14)26-23(29-22)16-6-8-18(9-7-16)25-21(27)13-28-19-5-3-4-17(24)12-19/h3-12H,13H2,1-2H3,(H,25,27). The number of halogens is 1. The molecule has 4 rings (SSSR count). The second-order valence-electron chi connectivity index (χ2n) is 6.82. The van der Waals surface area contributed by atoms with Gasteiger partial charge in [-0.25, -0.2) is 9.37 Å². The third-order valence-corrected chi connectivity index (χ3v) is 4.40. The van der Waals surface area contributed by atoms with Crippen LogP contribution in [0.1, 0.15) is 11.1 Å². The van der Waals surface area contributed by atoms with Crippen molar-refractivity contribution >= 4 is 22.7 Å². The minimum atomic E-state index is -0.414. The number of carbonyl (C=O) groups excluding carboxylic acids is 1. The number of benzene rings is 3. The molecule has 0 bridgehead atoms. The van der Waals surface area contributed by atoms with E-state index in [-0.39, 0.29) is 12.5 Å². The number of ether oxygens (including phenoxy) is 1. The molecular formula is C23H19FN2O3. The highest BCUT2D eigenvalue weighted by molar-refractivity contribution is 5.92. The fourth-order valence-electron chi connectivity index (χ4n) is 3.10. The average molecular weight is 390 g/mol. The number of oxazole rings is 1. The van der Waals surface area contributed by atoms with E-state index in [1.807, 2.05) is 32.0 Å². The molecule has 1 N–H and O–H groups in total. The summed E-state index contributed by atoms with van der Waals surface area (Å²) in [6, 6.07) is 16.9. The van der Waals surface area contributed by atoms with E-state index in [4.69, 9.17) is 9.15 Å². The van der Waals surface area contributed by atoms with E-state index in [0.29, 0.717) is 17.3 Å². The van der Waals surface area contributed by atoms with Crippen LogP contribution in [-0.2, 0) is 4.79 Å². The number of anilines is 1. The molecule has 0 aliphatic heterocycles. The zero-order valence-corrected chi connectivity index (χ0v) is 16.0. The Bertz CT molecular complexity index is 1180. The number of nitrogens with one attached hydrogen (secondary N) is 1. The topological polar surface area (TPSA) is 64.4 Å². The Morgan fingerprint density at radius 2 is 1.90 bits per heavy atom. The maximum atomic E-state index is 13.1. The van der Waals surface area contributed by atoms with E-state index in [2.05, 4.69) is 16.4 Å². The Morgan fingerprint density at radius 1 is 1.10 bits per heavy atom. The molecule has 0 spiro atoms. The van der Waals surface area contributed by atoms with Gasteiger partial charge in [0.2, 0.25) is 5.89 Å². The van der Waals surface area contributed by atoms with Gasteiger partial charge in [0, 0.05) is 17.3 Å². The first-order chi connectivity index (χ1) is 14.0. The molecule has 5 nitrogen and oxygen atoms in total. The molecule has 1 heterocycles. The molecule has 0 saturated carbocycles. The van der Waals surface area contributed by atoms with Crippen LogP contribution in [0.5, 0.6) is 5.75 Å². The molecular weight excluding hydrogens is 371 g/mol. The summed E-state index contributed by atoms with van der Waals surface area (Å²) in [7, 11) is 0. The number of hydrogen-bond donors (Lipinski definition) is 1. The second kappa shape index (κ2) is 7.75. The summed E-state index contributed by atoms with van der Waals surface area (Å²) in [6.45, 7) is 3.81. The minimum Gasteiger partial charge on any atom is -0.484 e. The molecule has 0 saturated heterocycles. The number of hydrogen-bond acceptors (Lipinski definition) is 4. The van der Waals surface area contributed by atoms with E-state index in [1.54, 1.807) is 18.2 Å². The summed E-state index contributed by atoms with van der Waals surface area (Å²) in [4.78, 5) is 16.6. The molecule has 4 aromatic rings. The van der Waals surface area contributed by atoms with Crippen molar-refractivity contribution < 1.29 is 18.3 Å². The Hall–Kier alpha value is -3.67. The van der Waals surface area contributed by atoms with Crippen molar-refractivity contribution in [2.45, 2.75) is 13.8 Å². The third-order valence-electron chi connectivity index (χ3n) is 4.40. The minimum absolute atomic E-state index is 0.213. The van der Waals surface area contributed by atoms with Gasteiger partial charge in [-0.3, -0.25) is 4.79 Å². The van der Waals surface area contributed by atoms with Gasteiger partial charge in [0.05, 0.1) is 0 Å². The molecule has 1 amide bonds. The highest BCUT2D eigenvalue weighted by Gasteiger charge is 2.11. The highest BCUT2D eigenvalue weighted by atomic mass is 19.1. The number of aromatic nitrogens is 1. The smallest absolute Gasteiger partial charge is 0.262 e. The average Bonchev–Trinajstić information content (AvgIpc) is 3.11. The summed E-state index contributed by atoms with van der Waals surface area (Å²) in [6.07, 6.45) is 0. The van der Waals surface area contributed by atoms with Crippen molar-refractivity contribution in [3.05, 3.63) is 77.6 Å². The molecule has 146 valence electrons. The first-order valence-corrected chi connectivity index (χ1v) is 9.14. The molecule has 0 aliphatic rings. The van der Waals surface area contributed by atoms with Gasteiger partial charge in [0.1, 0.15) is 17.1 Å². The van der Waals surface area contributed by atoms with Gasteiger partial charge in [0.15, 0.2) is 12.2 Å². The molecule has 0 radical (unpaired) electrons. The number of rotatable bonds is 5. The number of nitrogens with zero attached hydrogens (tertiary/aromatic N) is 1. The second-order valence-corrected chi connectivity index (χ2v) is 6.82. The van der Waals surface area contributed by atoms with E-state index in [1.165, 1.54) is 18.2 Å². The molecule has 6 heteroatoms. The molecule has 0 unspecified atom stereocenters. The number of aryl methyl sites for hydroxylation is 2. The lowest BCUT2D eigenvalue weighted by Crippen LogP contribution is -2.20. The van der Waals surface area contributed by atoms with Crippen molar-refractivity contribution in [3.8, 4) is 17.2 Å². The van der Waals surface area contributed by atoms with Crippen molar-refractivity contribution in [1.29, 1.82) is 0 Å². The molecule has 0 fully saturated rings. The van der Waals surface area contributed by atoms with Gasteiger partial charge in [0.25, 0.3) is 5.91 Å². The zero-order chi connectivity index (χ0) is 20.4. The lowest BCUT2D eigenvalue weighted by atomic mass is 10.1. The van der Waals surface area contributed by atoms with Gasteiger partial charge in [-0.15, -0.1) is 0 Å². The third kappa shape index (κ3) is 4.27. The van der Waals surface area contributed by atoms with Crippen LogP contribution in [-0.4, -0.2) is 17.5 Å². The van der Waals surface area contributed by atoms with E-state index in [0.717, 1.165) is 27.8 Å². The molecule has 0 aliphatic carbocycles. The fraction of sp³-hybridized carbons (Fsp3) is 0.130. The maximum absolute atomic E-state index is 13.1. The van der Waals surface area contributed by atoms with E-state index < -0.39 is 5.82 Å². The number of amides is 1. The molecule has 3 aromatic carbocycles. The summed E-state index contributed by atoms with van der Waals surface area (Å²) in [5.41, 5.74) is 5.20. The van der Waals surface area contributed by atoms with Crippen LogP contribution in [0.3, 0.4) is 0 Å². The highest BCUT2D eigenvalue weighted by Crippen LogP contribution is 2.28. The Kier molecular flexibility index (Phi) is 4.99. The van der Waals surface area contributed by atoms with Gasteiger partial charge in [-0.1, -0.05) is 12.1 Å². The lowest BCUT2D eigenvalue weighted by Gasteiger charge is -2.08. The van der Waals surface area contributed by atoms with Gasteiger partial charge in [-0.05, 0) is 67.4 Å².